The van der Waals surface area contributed by atoms with Gasteiger partial charge in [0.25, 0.3) is 0 Å². The molecule has 0 amide bonds. The highest BCUT2D eigenvalue weighted by Crippen LogP contribution is 2.25. The largest absolute Gasteiger partial charge is 0.542 e. The number of hydrogen-bond acceptors (Lipinski definition) is 3. The number of carboxylic acids is 1. The standard InChI is InChI=1S/C11H11BrO3/c1-2-5-10(11(13)14)15-9-7-4-3-6-8(9)12/h3-7H,2H2,1H3,(H,13,14)/p-1/b10-5+. The molecule has 1 rings (SSSR count). The van der Waals surface area contributed by atoms with Crippen molar-refractivity contribution in [3.05, 3.63) is 40.6 Å². The molecule has 3 nitrogen and oxygen atoms in total. The molecular formula is C11H10BrO3-. The quantitative estimate of drug-likeness (QED) is 0.620. The molecule has 0 spiro atoms. The fourth-order valence-electron chi connectivity index (χ4n) is 0.998. The maximum absolute atomic E-state index is 10.7. The lowest BCUT2D eigenvalue weighted by Gasteiger charge is -2.11. The van der Waals surface area contributed by atoms with Gasteiger partial charge in [-0.3, -0.25) is 0 Å². The van der Waals surface area contributed by atoms with E-state index < -0.39 is 5.97 Å². The average molecular weight is 270 g/mol. The summed E-state index contributed by atoms with van der Waals surface area (Å²) in [5.41, 5.74) is 0. The lowest BCUT2D eigenvalue weighted by molar-refractivity contribution is -0.302. The summed E-state index contributed by atoms with van der Waals surface area (Å²) >= 11 is 3.26. The van der Waals surface area contributed by atoms with Crippen molar-refractivity contribution in [2.24, 2.45) is 0 Å². The molecule has 1 aromatic rings. The van der Waals surface area contributed by atoms with Crippen molar-refractivity contribution in [3.8, 4) is 5.75 Å². The van der Waals surface area contributed by atoms with Gasteiger partial charge in [0.2, 0.25) is 0 Å². The van der Waals surface area contributed by atoms with Crippen molar-refractivity contribution in [1.82, 2.24) is 0 Å². The van der Waals surface area contributed by atoms with Crippen LogP contribution in [0.1, 0.15) is 13.3 Å². The Balaban J connectivity index is 2.89. The van der Waals surface area contributed by atoms with Crippen molar-refractivity contribution in [3.63, 3.8) is 0 Å². The number of para-hydroxylation sites is 1. The molecule has 0 radical (unpaired) electrons. The predicted octanol–water partition coefficient (Wildman–Crippen LogP) is 1.87. The number of halogens is 1. The second-order valence-corrected chi connectivity index (χ2v) is 3.65. The Morgan fingerprint density at radius 2 is 2.20 bits per heavy atom. The van der Waals surface area contributed by atoms with Gasteiger partial charge >= 0.3 is 0 Å². The van der Waals surface area contributed by atoms with Crippen LogP contribution in [-0.2, 0) is 4.79 Å². The molecule has 4 heteroatoms. The Hall–Kier alpha value is -1.29. The highest BCUT2D eigenvalue weighted by molar-refractivity contribution is 9.10. The van der Waals surface area contributed by atoms with Crippen molar-refractivity contribution in [2.75, 3.05) is 0 Å². The lowest BCUT2D eigenvalue weighted by Crippen LogP contribution is -2.27. The van der Waals surface area contributed by atoms with Crippen molar-refractivity contribution in [2.45, 2.75) is 13.3 Å². The van der Waals surface area contributed by atoms with Gasteiger partial charge in [0, 0.05) is 0 Å². The first-order chi connectivity index (χ1) is 7.15. The molecular weight excluding hydrogens is 260 g/mol. The Bertz CT molecular complexity index is 385. The fourth-order valence-corrected chi connectivity index (χ4v) is 1.36. The third kappa shape index (κ3) is 3.40. The second kappa shape index (κ2) is 5.56. The Morgan fingerprint density at radius 1 is 1.53 bits per heavy atom. The van der Waals surface area contributed by atoms with Gasteiger partial charge in [0.1, 0.15) is 17.5 Å². The van der Waals surface area contributed by atoms with Crippen LogP contribution in [0.3, 0.4) is 0 Å². The van der Waals surface area contributed by atoms with Crippen LogP contribution in [0, 0.1) is 0 Å². The van der Waals surface area contributed by atoms with Crippen LogP contribution in [0.4, 0.5) is 0 Å². The zero-order valence-electron chi connectivity index (χ0n) is 8.20. The highest BCUT2D eigenvalue weighted by atomic mass is 79.9. The van der Waals surface area contributed by atoms with Crippen molar-refractivity contribution in [1.29, 1.82) is 0 Å². The van der Waals surface area contributed by atoms with Crippen molar-refractivity contribution < 1.29 is 14.6 Å². The molecule has 15 heavy (non-hydrogen) atoms. The molecule has 80 valence electrons. The van der Waals surface area contributed by atoms with E-state index in [0.717, 1.165) is 0 Å². The number of carbonyl (C=O) groups excluding carboxylic acids is 1. The third-order valence-corrected chi connectivity index (χ3v) is 2.30. The van der Waals surface area contributed by atoms with E-state index in [1.54, 1.807) is 18.2 Å². The van der Waals surface area contributed by atoms with Gasteiger partial charge in [-0.15, -0.1) is 0 Å². The molecule has 0 aliphatic heterocycles. The van der Waals surface area contributed by atoms with E-state index in [-0.39, 0.29) is 5.76 Å². The number of carbonyl (C=O) groups is 1. The van der Waals surface area contributed by atoms with E-state index in [4.69, 9.17) is 4.74 Å². The van der Waals surface area contributed by atoms with E-state index in [0.29, 0.717) is 16.6 Å². The number of ether oxygens (including phenoxy) is 1. The molecule has 0 N–H and O–H groups in total. The number of allylic oxidation sites excluding steroid dienone is 1. The first kappa shape index (κ1) is 11.8. The summed E-state index contributed by atoms with van der Waals surface area (Å²) in [6, 6.07) is 7.03. The van der Waals surface area contributed by atoms with Gasteiger partial charge in [0.15, 0.2) is 0 Å². The third-order valence-electron chi connectivity index (χ3n) is 1.65. The van der Waals surface area contributed by atoms with Crippen LogP contribution in [0.5, 0.6) is 5.75 Å². The fraction of sp³-hybridized carbons (Fsp3) is 0.182. The van der Waals surface area contributed by atoms with Crippen LogP contribution in [0.2, 0.25) is 0 Å². The monoisotopic (exact) mass is 269 g/mol. The number of carboxylic acid groups (broad SMARTS) is 1. The van der Waals surface area contributed by atoms with Gasteiger partial charge in [-0.25, -0.2) is 0 Å². The average Bonchev–Trinajstić information content (AvgIpc) is 2.20. The van der Waals surface area contributed by atoms with E-state index in [1.165, 1.54) is 6.08 Å². The molecule has 0 saturated heterocycles. The molecule has 0 fully saturated rings. The minimum Gasteiger partial charge on any atom is -0.542 e. The molecule has 0 heterocycles. The summed E-state index contributed by atoms with van der Waals surface area (Å²) in [6.07, 6.45) is 2.04. The second-order valence-electron chi connectivity index (χ2n) is 2.80. The number of hydrogen-bond donors (Lipinski definition) is 0. The van der Waals surface area contributed by atoms with Crippen LogP contribution in [0.25, 0.3) is 0 Å². The molecule has 0 atom stereocenters. The van der Waals surface area contributed by atoms with E-state index in [1.807, 2.05) is 13.0 Å². The van der Waals surface area contributed by atoms with E-state index in [2.05, 4.69) is 15.9 Å². The van der Waals surface area contributed by atoms with Crippen molar-refractivity contribution >= 4 is 21.9 Å². The highest BCUT2D eigenvalue weighted by Gasteiger charge is 2.04. The molecule has 0 unspecified atom stereocenters. The van der Waals surface area contributed by atoms with Gasteiger partial charge < -0.3 is 14.6 Å². The van der Waals surface area contributed by atoms with E-state index in [9.17, 15) is 9.90 Å². The normalized spacial score (nSPS) is 11.2. The number of benzene rings is 1. The summed E-state index contributed by atoms with van der Waals surface area (Å²) in [7, 11) is 0. The first-order valence-corrected chi connectivity index (χ1v) is 5.28. The molecule has 1 aromatic carbocycles. The lowest BCUT2D eigenvalue weighted by atomic mass is 10.3. The minimum atomic E-state index is -1.31. The molecule has 0 saturated carbocycles. The molecule has 0 aromatic heterocycles. The van der Waals surface area contributed by atoms with Crippen LogP contribution in [0.15, 0.2) is 40.6 Å². The maximum atomic E-state index is 10.7. The maximum Gasteiger partial charge on any atom is 0.146 e. The Labute approximate surface area is 96.5 Å². The zero-order valence-corrected chi connectivity index (χ0v) is 9.78. The van der Waals surface area contributed by atoms with Gasteiger partial charge in [-0.2, -0.15) is 0 Å². The first-order valence-electron chi connectivity index (χ1n) is 4.49. The Kier molecular flexibility index (Phi) is 4.37. The summed E-state index contributed by atoms with van der Waals surface area (Å²) in [4.78, 5) is 10.7. The molecule has 0 bridgehead atoms. The van der Waals surface area contributed by atoms with Crippen LogP contribution < -0.4 is 9.84 Å². The van der Waals surface area contributed by atoms with Gasteiger partial charge in [-0.1, -0.05) is 19.1 Å². The molecule has 0 aliphatic rings. The number of rotatable bonds is 4. The van der Waals surface area contributed by atoms with E-state index >= 15 is 0 Å². The predicted molar refractivity (Wildman–Crippen MR) is 58.2 cm³/mol. The zero-order chi connectivity index (χ0) is 11.3. The van der Waals surface area contributed by atoms with Crippen LogP contribution >= 0.6 is 15.9 Å². The summed E-state index contributed by atoms with van der Waals surface area (Å²) in [5.74, 6) is -1.02. The summed E-state index contributed by atoms with van der Waals surface area (Å²) < 4.78 is 5.90. The SMILES string of the molecule is CC/C=C(/Oc1ccccc1Br)C(=O)[O-]. The molecule has 0 aliphatic carbocycles. The number of aliphatic carboxylic acids is 1. The Morgan fingerprint density at radius 3 is 2.73 bits per heavy atom. The summed E-state index contributed by atoms with van der Waals surface area (Å²) in [5, 5.41) is 10.7. The van der Waals surface area contributed by atoms with Gasteiger partial charge in [0.05, 0.1) is 4.47 Å². The topological polar surface area (TPSA) is 49.4 Å². The van der Waals surface area contributed by atoms with Gasteiger partial charge in [-0.05, 0) is 40.6 Å². The summed E-state index contributed by atoms with van der Waals surface area (Å²) in [6.45, 7) is 1.83. The smallest absolute Gasteiger partial charge is 0.146 e. The van der Waals surface area contributed by atoms with Crippen LogP contribution in [-0.4, -0.2) is 5.97 Å². The minimum absolute atomic E-state index is 0.163.